The van der Waals surface area contributed by atoms with Crippen molar-refractivity contribution in [2.45, 2.75) is 11.1 Å². The van der Waals surface area contributed by atoms with Gasteiger partial charge >= 0.3 is 6.03 Å². The number of urea groups is 1. The topological polar surface area (TPSA) is 69.6 Å². The highest BCUT2D eigenvalue weighted by atomic mass is 79.9. The number of rotatable bonds is 0. The van der Waals surface area contributed by atoms with Crippen LogP contribution in [0, 0.1) is 0 Å². The van der Waals surface area contributed by atoms with Gasteiger partial charge < -0.3 is 10.4 Å². The Morgan fingerprint density at radius 3 is 2.73 bits per heavy atom. The molecule has 6 heteroatoms. The minimum atomic E-state index is -1.13. The van der Waals surface area contributed by atoms with Crippen LogP contribution in [0.25, 0.3) is 0 Å². The average Bonchev–Trinajstić information content (AvgIpc) is 1.97. The highest BCUT2D eigenvalue weighted by Gasteiger charge is 2.36. The van der Waals surface area contributed by atoms with Crippen LogP contribution in [0.15, 0.2) is 0 Å². The predicted molar refractivity (Wildman–Crippen MR) is 40.0 cm³/mol. The minimum Gasteiger partial charge on any atom is -0.372 e. The molecule has 0 bridgehead atoms. The third kappa shape index (κ3) is 1.36. The number of aliphatic hydroxyl groups excluding tert-OH is 1. The highest BCUT2D eigenvalue weighted by molar-refractivity contribution is 9.10. The zero-order chi connectivity index (χ0) is 8.59. The smallest absolute Gasteiger partial charge is 0.325 e. The minimum absolute atomic E-state index is 0.443. The van der Waals surface area contributed by atoms with E-state index in [9.17, 15) is 9.59 Å². The molecular weight excluding hydrogens is 216 g/mol. The second-order valence-corrected chi connectivity index (χ2v) is 3.18. The fourth-order valence-electron chi connectivity index (χ4n) is 0.717. The first-order chi connectivity index (χ1) is 5.04. The van der Waals surface area contributed by atoms with Crippen molar-refractivity contribution in [3.8, 4) is 0 Å². The van der Waals surface area contributed by atoms with Crippen LogP contribution in [-0.4, -0.2) is 40.0 Å². The molecule has 0 aromatic heterocycles. The van der Waals surface area contributed by atoms with E-state index in [0.717, 1.165) is 4.90 Å². The quantitative estimate of drug-likeness (QED) is 0.531. The molecule has 0 aliphatic carbocycles. The number of carbonyl (C=O) groups is 2. The highest BCUT2D eigenvalue weighted by Crippen LogP contribution is 2.12. The summed E-state index contributed by atoms with van der Waals surface area (Å²) in [6.45, 7) is 0. The van der Waals surface area contributed by atoms with Crippen LogP contribution in [0.3, 0.4) is 0 Å². The molecule has 1 heterocycles. The summed E-state index contributed by atoms with van der Waals surface area (Å²) in [5.41, 5.74) is 0. The van der Waals surface area contributed by atoms with E-state index in [-0.39, 0.29) is 0 Å². The van der Waals surface area contributed by atoms with E-state index in [1.165, 1.54) is 7.05 Å². The number of aliphatic hydroxyl groups is 1. The first-order valence-corrected chi connectivity index (χ1v) is 3.86. The number of hydrogen-bond acceptors (Lipinski definition) is 3. The van der Waals surface area contributed by atoms with Crippen LogP contribution in [-0.2, 0) is 4.79 Å². The Balaban J connectivity index is 2.79. The van der Waals surface area contributed by atoms with Gasteiger partial charge in [0.25, 0.3) is 0 Å². The number of alkyl halides is 1. The van der Waals surface area contributed by atoms with E-state index in [4.69, 9.17) is 5.11 Å². The van der Waals surface area contributed by atoms with Gasteiger partial charge in [-0.1, -0.05) is 15.9 Å². The number of imide groups is 1. The summed E-state index contributed by atoms with van der Waals surface area (Å²) < 4.78 is 0. The Hall–Kier alpha value is -0.620. The molecule has 0 aromatic carbocycles. The maximum atomic E-state index is 11.0. The molecule has 0 spiro atoms. The fourth-order valence-corrected chi connectivity index (χ4v) is 1.16. The van der Waals surface area contributed by atoms with Crippen molar-refractivity contribution < 1.29 is 14.7 Å². The van der Waals surface area contributed by atoms with Gasteiger partial charge in [0.05, 0.1) is 0 Å². The third-order valence-corrected chi connectivity index (χ3v) is 2.31. The summed E-state index contributed by atoms with van der Waals surface area (Å²) >= 11 is 2.93. The Bertz CT molecular complexity index is 208. The molecule has 2 atom stereocenters. The van der Waals surface area contributed by atoms with E-state index < -0.39 is 23.0 Å². The number of nitrogens with zero attached hydrogens (tertiary/aromatic N) is 1. The van der Waals surface area contributed by atoms with Crippen LogP contribution >= 0.6 is 15.9 Å². The maximum Gasteiger partial charge on any atom is 0.325 e. The van der Waals surface area contributed by atoms with Gasteiger partial charge in [0, 0.05) is 7.05 Å². The summed E-state index contributed by atoms with van der Waals surface area (Å²) in [5.74, 6) is -0.443. The van der Waals surface area contributed by atoms with Gasteiger partial charge in [-0.25, -0.2) is 4.79 Å². The summed E-state index contributed by atoms with van der Waals surface area (Å²) in [6.07, 6.45) is -1.13. The predicted octanol–water partition coefficient (Wildman–Crippen LogP) is -0.750. The molecule has 3 amide bonds. The van der Waals surface area contributed by atoms with Crippen molar-refractivity contribution in [3.63, 3.8) is 0 Å². The van der Waals surface area contributed by atoms with Crippen molar-refractivity contribution in [1.82, 2.24) is 10.2 Å². The SMILES string of the molecule is CN1C(=O)NC(O)C(Br)C1=O. The zero-order valence-electron chi connectivity index (χ0n) is 5.74. The number of hydrogen-bond donors (Lipinski definition) is 2. The van der Waals surface area contributed by atoms with Gasteiger partial charge in [0.2, 0.25) is 5.91 Å². The van der Waals surface area contributed by atoms with Crippen LogP contribution in [0.5, 0.6) is 0 Å². The Morgan fingerprint density at radius 2 is 2.18 bits per heavy atom. The van der Waals surface area contributed by atoms with E-state index >= 15 is 0 Å². The van der Waals surface area contributed by atoms with E-state index in [1.54, 1.807) is 0 Å². The lowest BCUT2D eigenvalue weighted by atomic mass is 10.3. The first kappa shape index (κ1) is 8.48. The largest absolute Gasteiger partial charge is 0.372 e. The second-order valence-electron chi connectivity index (χ2n) is 2.19. The molecule has 2 unspecified atom stereocenters. The molecule has 0 saturated carbocycles. The zero-order valence-corrected chi connectivity index (χ0v) is 7.33. The van der Waals surface area contributed by atoms with Crippen LogP contribution < -0.4 is 5.32 Å². The lowest BCUT2D eigenvalue weighted by molar-refractivity contribution is -0.130. The summed E-state index contributed by atoms with van der Waals surface area (Å²) in [4.78, 5) is 21.9. The molecule has 1 rings (SSSR count). The van der Waals surface area contributed by atoms with E-state index in [1.807, 2.05) is 0 Å². The standard InChI is InChI=1S/C5H7BrN2O3/c1-8-4(10)2(6)3(9)7-5(8)11/h2-3,9H,1H3,(H,7,11). The van der Waals surface area contributed by atoms with Gasteiger partial charge in [-0.15, -0.1) is 0 Å². The average molecular weight is 223 g/mol. The molecule has 11 heavy (non-hydrogen) atoms. The second kappa shape index (κ2) is 2.78. The number of carbonyl (C=O) groups excluding carboxylic acids is 2. The molecule has 0 aromatic rings. The third-order valence-electron chi connectivity index (χ3n) is 1.42. The van der Waals surface area contributed by atoms with Gasteiger partial charge in [-0.05, 0) is 0 Å². The molecular formula is C5H7BrN2O3. The molecule has 1 saturated heterocycles. The molecule has 0 radical (unpaired) electrons. The van der Waals surface area contributed by atoms with Gasteiger partial charge in [-0.2, -0.15) is 0 Å². The normalized spacial score (nSPS) is 32.1. The molecule has 2 N–H and O–H groups in total. The van der Waals surface area contributed by atoms with E-state index in [2.05, 4.69) is 21.2 Å². The van der Waals surface area contributed by atoms with Crippen LogP contribution in [0.2, 0.25) is 0 Å². The number of nitrogens with one attached hydrogen (secondary N) is 1. The summed E-state index contributed by atoms with van der Waals surface area (Å²) in [6, 6.07) is -0.585. The summed E-state index contributed by atoms with van der Waals surface area (Å²) in [7, 11) is 1.35. The van der Waals surface area contributed by atoms with Crippen molar-refractivity contribution in [2.75, 3.05) is 7.05 Å². The molecule has 62 valence electrons. The Morgan fingerprint density at radius 1 is 1.64 bits per heavy atom. The van der Waals surface area contributed by atoms with Crippen LogP contribution in [0.4, 0.5) is 4.79 Å². The lowest BCUT2D eigenvalue weighted by Gasteiger charge is -2.29. The molecule has 1 aliphatic rings. The first-order valence-electron chi connectivity index (χ1n) is 2.94. The summed E-state index contributed by atoms with van der Waals surface area (Å²) in [5, 5.41) is 11.2. The van der Waals surface area contributed by atoms with Gasteiger partial charge in [0.1, 0.15) is 11.1 Å². The van der Waals surface area contributed by atoms with Crippen molar-refractivity contribution in [2.24, 2.45) is 0 Å². The fraction of sp³-hybridized carbons (Fsp3) is 0.600. The molecule has 1 aliphatic heterocycles. The Labute approximate surface area is 71.5 Å². The van der Waals surface area contributed by atoms with E-state index in [0.29, 0.717) is 0 Å². The van der Waals surface area contributed by atoms with Crippen molar-refractivity contribution >= 4 is 27.9 Å². The Kier molecular flexibility index (Phi) is 2.15. The van der Waals surface area contributed by atoms with Crippen molar-refractivity contribution in [1.29, 1.82) is 0 Å². The monoisotopic (exact) mass is 222 g/mol. The van der Waals surface area contributed by atoms with Gasteiger partial charge in [-0.3, -0.25) is 9.69 Å². The number of amides is 3. The molecule has 5 nitrogen and oxygen atoms in total. The maximum absolute atomic E-state index is 11.0. The number of halogens is 1. The van der Waals surface area contributed by atoms with Crippen molar-refractivity contribution in [3.05, 3.63) is 0 Å². The lowest BCUT2D eigenvalue weighted by Crippen LogP contribution is -2.59. The molecule has 1 fully saturated rings. The van der Waals surface area contributed by atoms with Crippen LogP contribution in [0.1, 0.15) is 0 Å². The van der Waals surface area contributed by atoms with Gasteiger partial charge in [0.15, 0.2) is 0 Å².